The van der Waals surface area contributed by atoms with Gasteiger partial charge in [-0.2, -0.15) is 0 Å². The summed E-state index contributed by atoms with van der Waals surface area (Å²) in [7, 11) is 0. The molecule has 9 unspecified atom stereocenters. The summed E-state index contributed by atoms with van der Waals surface area (Å²) < 4.78 is 0. The van der Waals surface area contributed by atoms with E-state index in [0.717, 1.165) is 36.0 Å². The minimum absolute atomic E-state index is 0.379. The zero-order chi connectivity index (χ0) is 18.7. The average molecular weight is 360 g/mol. The predicted octanol–water partition coefficient (Wildman–Crippen LogP) is 6.07. The van der Waals surface area contributed by atoms with E-state index in [2.05, 4.69) is 27.4 Å². The number of hydrogen-bond acceptors (Lipinski definition) is 2. The van der Waals surface area contributed by atoms with Gasteiger partial charge < -0.3 is 10.8 Å². The van der Waals surface area contributed by atoms with E-state index in [4.69, 9.17) is 5.73 Å². The van der Waals surface area contributed by atoms with Gasteiger partial charge in [-0.3, -0.25) is 0 Å². The van der Waals surface area contributed by atoms with Gasteiger partial charge in [0.2, 0.25) is 0 Å². The van der Waals surface area contributed by atoms with Crippen molar-refractivity contribution in [3.8, 4) is 0 Å². The number of aliphatic hydroxyl groups excluding tert-OH is 1. The molecule has 0 radical (unpaired) electrons. The molecular weight excluding hydrogens is 318 g/mol. The van der Waals surface area contributed by atoms with Crippen LogP contribution in [0.5, 0.6) is 0 Å². The Labute approximate surface area is 161 Å². The summed E-state index contributed by atoms with van der Waals surface area (Å²) in [5, 5.41) is 9.73. The zero-order valence-corrected chi connectivity index (χ0v) is 17.3. The summed E-state index contributed by atoms with van der Waals surface area (Å²) in [5.41, 5.74) is 7.39. The molecule has 0 heterocycles. The molecule has 4 rings (SSSR count). The minimum Gasteiger partial charge on any atom is -0.513 e. The summed E-state index contributed by atoms with van der Waals surface area (Å²) in [6, 6.07) is 0.460. The van der Waals surface area contributed by atoms with Crippen LogP contribution in [0.1, 0.15) is 85.0 Å². The highest BCUT2D eigenvalue weighted by molar-refractivity contribution is 5.10. The second kappa shape index (κ2) is 6.54. The predicted molar refractivity (Wildman–Crippen MR) is 109 cm³/mol. The van der Waals surface area contributed by atoms with Gasteiger partial charge >= 0.3 is 0 Å². The molecule has 0 aromatic rings. The van der Waals surface area contributed by atoms with Crippen molar-refractivity contribution in [1.29, 1.82) is 0 Å². The van der Waals surface area contributed by atoms with E-state index in [1.54, 1.807) is 0 Å². The fourth-order valence-corrected chi connectivity index (χ4v) is 8.78. The third kappa shape index (κ3) is 2.77. The van der Waals surface area contributed by atoms with E-state index in [0.29, 0.717) is 28.5 Å². The smallest absolute Gasteiger partial charge is 0.0853 e. The molecule has 0 bridgehead atoms. The van der Waals surface area contributed by atoms with E-state index in [1.165, 1.54) is 57.8 Å². The molecule has 0 spiro atoms. The molecule has 2 heteroatoms. The van der Waals surface area contributed by atoms with Crippen LogP contribution < -0.4 is 5.73 Å². The zero-order valence-electron chi connectivity index (χ0n) is 17.3. The molecular formula is C24H41NO. The largest absolute Gasteiger partial charge is 0.513 e. The number of hydrogen-bond donors (Lipinski definition) is 2. The van der Waals surface area contributed by atoms with Crippen LogP contribution in [0.15, 0.2) is 12.3 Å². The Hall–Kier alpha value is -0.500. The molecule has 4 aliphatic carbocycles. The lowest BCUT2D eigenvalue weighted by atomic mass is 9.44. The van der Waals surface area contributed by atoms with Gasteiger partial charge in [0.1, 0.15) is 0 Å². The van der Waals surface area contributed by atoms with Crippen LogP contribution >= 0.6 is 0 Å². The van der Waals surface area contributed by atoms with Gasteiger partial charge in [-0.25, -0.2) is 0 Å². The highest BCUT2D eigenvalue weighted by Gasteiger charge is 2.60. The normalized spacial score (nSPS) is 51.8. The van der Waals surface area contributed by atoms with Crippen LogP contribution in [0.3, 0.4) is 0 Å². The molecule has 4 saturated carbocycles. The van der Waals surface area contributed by atoms with Crippen LogP contribution in [0, 0.1) is 46.3 Å². The molecule has 26 heavy (non-hydrogen) atoms. The first-order chi connectivity index (χ1) is 12.3. The Morgan fingerprint density at radius 1 is 1.04 bits per heavy atom. The summed E-state index contributed by atoms with van der Waals surface area (Å²) in [4.78, 5) is 0. The molecule has 2 nitrogen and oxygen atoms in total. The van der Waals surface area contributed by atoms with Gasteiger partial charge in [0, 0.05) is 12.5 Å². The van der Waals surface area contributed by atoms with Crippen LogP contribution in [0.2, 0.25) is 0 Å². The minimum atomic E-state index is 0.379. The maximum Gasteiger partial charge on any atom is 0.0853 e. The van der Waals surface area contributed by atoms with Crippen molar-refractivity contribution in [2.45, 2.75) is 91.0 Å². The third-order valence-corrected chi connectivity index (χ3v) is 10.0. The lowest BCUT2D eigenvalue weighted by Crippen LogP contribution is -2.54. The summed E-state index contributed by atoms with van der Waals surface area (Å²) in [6.45, 7) is 11.4. The van der Waals surface area contributed by atoms with E-state index in [9.17, 15) is 5.11 Å². The third-order valence-electron chi connectivity index (χ3n) is 10.0. The first-order valence-corrected chi connectivity index (χ1v) is 11.4. The van der Waals surface area contributed by atoms with Gasteiger partial charge in [0.25, 0.3) is 0 Å². The van der Waals surface area contributed by atoms with Crippen molar-refractivity contribution >= 4 is 0 Å². The first-order valence-electron chi connectivity index (χ1n) is 11.4. The number of aliphatic hydroxyl groups is 1. The number of fused-ring (bicyclic) bond motifs is 5. The second-order valence-electron chi connectivity index (χ2n) is 11.2. The molecule has 0 saturated heterocycles. The van der Waals surface area contributed by atoms with E-state index >= 15 is 0 Å². The summed E-state index contributed by atoms with van der Waals surface area (Å²) in [6.07, 6.45) is 13.2. The molecule has 4 aliphatic rings. The summed E-state index contributed by atoms with van der Waals surface area (Å²) in [5.74, 6) is 5.39. The second-order valence-corrected chi connectivity index (χ2v) is 11.2. The van der Waals surface area contributed by atoms with Gasteiger partial charge in [0.15, 0.2) is 0 Å². The topological polar surface area (TPSA) is 46.2 Å². The lowest BCUT2D eigenvalue weighted by molar-refractivity contribution is -0.116. The van der Waals surface area contributed by atoms with Crippen molar-refractivity contribution < 1.29 is 5.11 Å². The van der Waals surface area contributed by atoms with Crippen LogP contribution in [0.25, 0.3) is 0 Å². The van der Waals surface area contributed by atoms with Crippen LogP contribution in [-0.2, 0) is 0 Å². The molecule has 148 valence electrons. The quantitative estimate of drug-likeness (QED) is 0.601. The van der Waals surface area contributed by atoms with Gasteiger partial charge in [-0.1, -0.05) is 27.4 Å². The van der Waals surface area contributed by atoms with Crippen molar-refractivity contribution in [2.24, 2.45) is 52.1 Å². The molecule has 0 aromatic carbocycles. The SMILES string of the molecule is C=C(O)CC(C)C1CCC2C3CCC4CC(N)CCC4(C)C3CCC12C. The molecule has 3 N–H and O–H groups in total. The van der Waals surface area contributed by atoms with E-state index in [-0.39, 0.29) is 0 Å². The average Bonchev–Trinajstić information content (AvgIpc) is 2.92. The maximum absolute atomic E-state index is 9.73. The highest BCUT2D eigenvalue weighted by Crippen LogP contribution is 2.68. The Kier molecular flexibility index (Phi) is 4.74. The first kappa shape index (κ1) is 18.8. The number of allylic oxidation sites excluding steroid dienone is 1. The van der Waals surface area contributed by atoms with Crippen molar-refractivity contribution in [3.63, 3.8) is 0 Å². The highest BCUT2D eigenvalue weighted by atomic mass is 16.3. The fraction of sp³-hybridized carbons (Fsp3) is 0.917. The Balaban J connectivity index is 1.55. The molecule has 0 aromatic heterocycles. The molecule has 0 amide bonds. The van der Waals surface area contributed by atoms with Gasteiger partial charge in [0.05, 0.1) is 5.76 Å². The number of nitrogens with two attached hydrogens (primary N) is 1. The Morgan fingerprint density at radius 3 is 2.46 bits per heavy atom. The van der Waals surface area contributed by atoms with Crippen LogP contribution in [-0.4, -0.2) is 11.1 Å². The van der Waals surface area contributed by atoms with E-state index in [1.807, 2.05) is 0 Å². The van der Waals surface area contributed by atoms with Crippen LogP contribution in [0.4, 0.5) is 0 Å². The monoisotopic (exact) mass is 359 g/mol. The maximum atomic E-state index is 9.73. The van der Waals surface area contributed by atoms with E-state index < -0.39 is 0 Å². The fourth-order valence-electron chi connectivity index (χ4n) is 8.78. The standard InChI is InChI=1S/C24H41NO/c1-15(13-16(2)26)20-7-8-21-19-6-5-17-14-18(25)9-11-23(17,3)22(19)10-12-24(20,21)4/h15,17-22,26H,2,5-14,25H2,1,3-4H3. The number of rotatable bonds is 3. The van der Waals surface area contributed by atoms with Gasteiger partial charge in [-0.05, 0) is 104 Å². The Bertz CT molecular complexity index is 558. The van der Waals surface area contributed by atoms with Crippen molar-refractivity contribution in [1.82, 2.24) is 0 Å². The molecule has 9 atom stereocenters. The van der Waals surface area contributed by atoms with Crippen molar-refractivity contribution in [3.05, 3.63) is 12.3 Å². The molecule has 4 fully saturated rings. The lowest BCUT2D eigenvalue weighted by Gasteiger charge is -2.61. The summed E-state index contributed by atoms with van der Waals surface area (Å²) >= 11 is 0. The molecule has 0 aliphatic heterocycles. The van der Waals surface area contributed by atoms with Crippen molar-refractivity contribution in [2.75, 3.05) is 0 Å². The van der Waals surface area contributed by atoms with Gasteiger partial charge in [-0.15, -0.1) is 0 Å². The Morgan fingerprint density at radius 2 is 1.73 bits per heavy atom.